The number of rotatable bonds is 1. The van der Waals surface area contributed by atoms with Crippen molar-refractivity contribution in [1.82, 2.24) is 19.8 Å². The zero-order valence-corrected chi connectivity index (χ0v) is 13.6. The van der Waals surface area contributed by atoms with E-state index in [1.54, 1.807) is 0 Å². The summed E-state index contributed by atoms with van der Waals surface area (Å²) in [7, 11) is 2.14. The fourth-order valence-corrected chi connectivity index (χ4v) is 3.30. The maximum absolute atomic E-state index is 12.8. The number of likely N-dealkylation sites (tertiary alicyclic amines) is 1. The normalized spacial score (nSPS) is 26.4. The molecule has 2 saturated heterocycles. The van der Waals surface area contributed by atoms with Crippen molar-refractivity contribution in [1.29, 1.82) is 0 Å². The molecule has 22 heavy (non-hydrogen) atoms. The third-order valence-corrected chi connectivity index (χ3v) is 4.87. The lowest BCUT2D eigenvalue weighted by molar-refractivity contribution is -0.0172. The van der Waals surface area contributed by atoms with Crippen molar-refractivity contribution in [3.8, 4) is 0 Å². The van der Waals surface area contributed by atoms with Gasteiger partial charge in [0, 0.05) is 43.4 Å². The van der Waals surface area contributed by atoms with Crippen LogP contribution in [-0.4, -0.2) is 71.6 Å². The Morgan fingerprint density at radius 2 is 2.09 bits per heavy atom. The molecule has 1 amide bonds. The first-order valence-corrected chi connectivity index (χ1v) is 7.94. The van der Waals surface area contributed by atoms with Crippen molar-refractivity contribution in [2.24, 2.45) is 5.92 Å². The first-order valence-electron chi connectivity index (χ1n) is 7.94. The Morgan fingerprint density at radius 3 is 2.91 bits per heavy atom. The molecule has 0 bridgehead atoms. The van der Waals surface area contributed by atoms with Gasteiger partial charge in [-0.2, -0.15) is 0 Å². The van der Waals surface area contributed by atoms with E-state index in [1.165, 1.54) is 6.33 Å². The van der Waals surface area contributed by atoms with Gasteiger partial charge in [0.05, 0.1) is 12.7 Å². The van der Waals surface area contributed by atoms with E-state index in [1.807, 2.05) is 18.7 Å². The molecule has 0 spiro atoms. The van der Waals surface area contributed by atoms with Crippen LogP contribution in [0.4, 0.5) is 0 Å². The Morgan fingerprint density at radius 1 is 1.27 bits per heavy atom. The van der Waals surface area contributed by atoms with E-state index >= 15 is 0 Å². The predicted octanol–water partition coefficient (Wildman–Crippen LogP) is 0.886. The van der Waals surface area contributed by atoms with Crippen LogP contribution in [0.25, 0.3) is 0 Å². The minimum Gasteiger partial charge on any atom is -0.375 e. The Balaban J connectivity index is 1.74. The smallest absolute Gasteiger partial charge is 0.272 e. The number of aryl methyl sites for hydroxylation is 1. The molecule has 2 aliphatic heterocycles. The topological polar surface area (TPSA) is 58.6 Å². The average molecular weight is 304 g/mol. The highest BCUT2D eigenvalue weighted by Crippen LogP contribution is 2.25. The quantitative estimate of drug-likeness (QED) is 0.771. The Hall–Kier alpha value is -1.53. The van der Waals surface area contributed by atoms with Crippen LogP contribution in [-0.2, 0) is 4.74 Å². The van der Waals surface area contributed by atoms with Crippen LogP contribution in [0, 0.1) is 19.8 Å². The van der Waals surface area contributed by atoms with E-state index in [2.05, 4.69) is 21.9 Å². The van der Waals surface area contributed by atoms with Gasteiger partial charge in [0.15, 0.2) is 0 Å². The lowest BCUT2D eigenvalue weighted by Crippen LogP contribution is -2.49. The number of nitrogens with zero attached hydrogens (tertiary/aromatic N) is 4. The van der Waals surface area contributed by atoms with Crippen LogP contribution >= 0.6 is 0 Å². The molecule has 0 radical (unpaired) electrons. The fraction of sp³-hybridized carbons (Fsp3) is 0.688. The van der Waals surface area contributed by atoms with Gasteiger partial charge in [-0.05, 0) is 27.3 Å². The van der Waals surface area contributed by atoms with Gasteiger partial charge in [-0.15, -0.1) is 0 Å². The number of carbonyl (C=O) groups excluding carboxylic acids is 1. The second kappa shape index (κ2) is 6.30. The molecule has 0 aliphatic carbocycles. The first-order chi connectivity index (χ1) is 10.6. The summed E-state index contributed by atoms with van der Waals surface area (Å²) < 4.78 is 5.98. The minimum absolute atomic E-state index is 0.00246. The maximum Gasteiger partial charge on any atom is 0.272 e. The summed E-state index contributed by atoms with van der Waals surface area (Å²) >= 11 is 0. The summed E-state index contributed by atoms with van der Waals surface area (Å²) in [5, 5.41) is 0. The number of ether oxygens (including phenoxy) is 1. The molecule has 3 rings (SSSR count). The van der Waals surface area contributed by atoms with Crippen LogP contribution < -0.4 is 0 Å². The summed E-state index contributed by atoms with van der Waals surface area (Å²) in [5.74, 6) is 0.521. The third-order valence-electron chi connectivity index (χ3n) is 4.87. The molecule has 0 saturated carbocycles. The van der Waals surface area contributed by atoms with E-state index in [0.29, 0.717) is 18.2 Å². The minimum atomic E-state index is 0.00246. The van der Waals surface area contributed by atoms with Crippen LogP contribution in [0.2, 0.25) is 0 Å². The van der Waals surface area contributed by atoms with Crippen LogP contribution in [0.5, 0.6) is 0 Å². The Bertz CT molecular complexity index is 563. The second-order valence-electron chi connectivity index (χ2n) is 6.40. The highest BCUT2D eigenvalue weighted by atomic mass is 16.5. The van der Waals surface area contributed by atoms with Gasteiger partial charge in [0.25, 0.3) is 5.91 Å². The Kier molecular flexibility index (Phi) is 4.40. The largest absolute Gasteiger partial charge is 0.375 e. The van der Waals surface area contributed by atoms with E-state index < -0.39 is 0 Å². The molecule has 2 aliphatic rings. The van der Waals surface area contributed by atoms with E-state index in [4.69, 9.17) is 4.74 Å². The highest BCUT2D eigenvalue weighted by molar-refractivity contribution is 5.93. The summed E-state index contributed by atoms with van der Waals surface area (Å²) in [5.41, 5.74) is 2.26. The van der Waals surface area contributed by atoms with Crippen LogP contribution in [0.1, 0.15) is 28.2 Å². The van der Waals surface area contributed by atoms with Crippen molar-refractivity contribution in [3.05, 3.63) is 23.3 Å². The maximum atomic E-state index is 12.8. The molecule has 0 N–H and O–H groups in total. The lowest BCUT2D eigenvalue weighted by atomic mass is 9.93. The molecular weight excluding hydrogens is 280 g/mol. The van der Waals surface area contributed by atoms with Gasteiger partial charge in [-0.25, -0.2) is 9.97 Å². The Labute approximate surface area is 131 Å². The summed E-state index contributed by atoms with van der Waals surface area (Å²) in [4.78, 5) is 25.3. The summed E-state index contributed by atoms with van der Waals surface area (Å²) in [6.07, 6.45) is 2.61. The fourth-order valence-electron chi connectivity index (χ4n) is 3.30. The molecule has 1 aromatic rings. The van der Waals surface area contributed by atoms with E-state index in [0.717, 1.165) is 43.9 Å². The molecular formula is C16H24N4O2. The number of amides is 1. The standard InChI is InChI=1S/C16H24N4O2/c1-11-12(2)17-10-18-15(11)16(21)20-5-4-13-8-19(3)6-7-22-14(13)9-20/h10,13-14H,4-9H2,1-3H3/t13-,14-/m1/s1. The number of carbonyl (C=O) groups is 1. The molecule has 6 nitrogen and oxygen atoms in total. The molecule has 1 aromatic heterocycles. The monoisotopic (exact) mass is 304 g/mol. The van der Waals surface area contributed by atoms with Gasteiger partial charge < -0.3 is 14.5 Å². The van der Waals surface area contributed by atoms with Crippen molar-refractivity contribution < 1.29 is 9.53 Å². The highest BCUT2D eigenvalue weighted by Gasteiger charge is 2.35. The van der Waals surface area contributed by atoms with Gasteiger partial charge >= 0.3 is 0 Å². The molecule has 3 heterocycles. The number of likely N-dealkylation sites (N-methyl/N-ethyl adjacent to an activating group) is 1. The van der Waals surface area contributed by atoms with Crippen LogP contribution in [0.3, 0.4) is 0 Å². The molecule has 2 atom stereocenters. The molecule has 120 valence electrons. The number of hydrogen-bond acceptors (Lipinski definition) is 5. The van der Waals surface area contributed by atoms with Gasteiger partial charge in [0.2, 0.25) is 0 Å². The molecule has 2 fully saturated rings. The van der Waals surface area contributed by atoms with Crippen molar-refractivity contribution >= 4 is 5.91 Å². The van der Waals surface area contributed by atoms with Crippen molar-refractivity contribution in [2.75, 3.05) is 39.8 Å². The zero-order valence-electron chi connectivity index (χ0n) is 13.6. The lowest BCUT2D eigenvalue weighted by Gasteiger charge is -2.37. The summed E-state index contributed by atoms with van der Waals surface area (Å²) in [6, 6.07) is 0. The zero-order chi connectivity index (χ0) is 15.7. The number of hydrogen-bond donors (Lipinski definition) is 0. The SMILES string of the molecule is Cc1ncnc(C(=O)N2CC[C@@H]3CN(C)CCO[C@@H]3C2)c1C. The van der Waals surface area contributed by atoms with Gasteiger partial charge in [-0.1, -0.05) is 0 Å². The van der Waals surface area contributed by atoms with Crippen LogP contribution in [0.15, 0.2) is 6.33 Å². The van der Waals surface area contributed by atoms with Crippen molar-refractivity contribution in [2.45, 2.75) is 26.4 Å². The molecule has 0 unspecified atom stereocenters. The molecule has 6 heteroatoms. The first kappa shape index (κ1) is 15.4. The van der Waals surface area contributed by atoms with E-state index in [-0.39, 0.29) is 12.0 Å². The van der Waals surface area contributed by atoms with Gasteiger partial charge in [-0.3, -0.25) is 4.79 Å². The predicted molar refractivity (Wildman–Crippen MR) is 82.8 cm³/mol. The van der Waals surface area contributed by atoms with E-state index in [9.17, 15) is 4.79 Å². The average Bonchev–Trinajstić information content (AvgIpc) is 2.69. The number of piperidine rings is 1. The second-order valence-corrected chi connectivity index (χ2v) is 6.40. The number of aromatic nitrogens is 2. The molecule has 0 aromatic carbocycles. The summed E-state index contributed by atoms with van der Waals surface area (Å²) in [6.45, 7) is 8.02. The third kappa shape index (κ3) is 2.98. The van der Waals surface area contributed by atoms with Crippen molar-refractivity contribution in [3.63, 3.8) is 0 Å². The number of fused-ring (bicyclic) bond motifs is 1. The van der Waals surface area contributed by atoms with Gasteiger partial charge in [0.1, 0.15) is 12.0 Å².